The quantitative estimate of drug-likeness (QED) is 0.905. The first-order valence-corrected chi connectivity index (χ1v) is 6.60. The summed E-state index contributed by atoms with van der Waals surface area (Å²) in [5.74, 6) is -1.91. The van der Waals surface area contributed by atoms with Crippen LogP contribution in [0.5, 0.6) is 0 Å². The van der Waals surface area contributed by atoms with Gasteiger partial charge in [-0.2, -0.15) is 0 Å². The minimum Gasteiger partial charge on any atom is -0.383 e. The number of nitrogens with one attached hydrogen (secondary N) is 1. The molecule has 0 bridgehead atoms. The fraction of sp³-hybridized carbons (Fsp3) is 0.500. The predicted octanol–water partition coefficient (Wildman–Crippen LogP) is 2.26. The Morgan fingerprint density at radius 1 is 1.40 bits per heavy atom. The lowest BCUT2D eigenvalue weighted by atomic mass is 10.1. The van der Waals surface area contributed by atoms with Crippen LogP contribution in [0, 0.1) is 11.6 Å². The molecule has 0 radical (unpaired) electrons. The molecule has 0 saturated carbocycles. The average molecular weight is 284 g/mol. The maximum atomic E-state index is 13.7. The smallest absolute Gasteiger partial charge is 0.254 e. The molecule has 1 aromatic carbocycles. The molecule has 4 nitrogen and oxygen atoms in total. The topological polar surface area (TPSA) is 41.6 Å². The van der Waals surface area contributed by atoms with Gasteiger partial charge in [0.1, 0.15) is 17.3 Å². The number of amides is 1. The van der Waals surface area contributed by atoms with Crippen LogP contribution in [0.4, 0.5) is 14.5 Å². The molecule has 0 aromatic heterocycles. The van der Waals surface area contributed by atoms with E-state index in [1.165, 1.54) is 7.05 Å². The van der Waals surface area contributed by atoms with Crippen molar-refractivity contribution in [1.29, 1.82) is 0 Å². The van der Waals surface area contributed by atoms with Crippen molar-refractivity contribution < 1.29 is 18.3 Å². The van der Waals surface area contributed by atoms with Crippen molar-refractivity contribution in [3.8, 4) is 0 Å². The van der Waals surface area contributed by atoms with Crippen LogP contribution in [0.15, 0.2) is 12.1 Å². The van der Waals surface area contributed by atoms with E-state index < -0.39 is 11.6 Å². The van der Waals surface area contributed by atoms with Gasteiger partial charge in [0, 0.05) is 32.3 Å². The lowest BCUT2D eigenvalue weighted by molar-refractivity contribution is 0.0562. The van der Waals surface area contributed by atoms with E-state index in [4.69, 9.17) is 4.74 Å². The SMILES string of the molecule is CNc1c(F)cc(C(=O)N2CCCOC(C)C2)cc1F. The highest BCUT2D eigenvalue weighted by atomic mass is 19.1. The van der Waals surface area contributed by atoms with E-state index in [1.54, 1.807) is 4.90 Å². The van der Waals surface area contributed by atoms with E-state index in [0.717, 1.165) is 18.6 Å². The van der Waals surface area contributed by atoms with Gasteiger partial charge >= 0.3 is 0 Å². The van der Waals surface area contributed by atoms with Gasteiger partial charge in [0.25, 0.3) is 5.91 Å². The maximum Gasteiger partial charge on any atom is 0.254 e. The summed E-state index contributed by atoms with van der Waals surface area (Å²) in [7, 11) is 1.43. The van der Waals surface area contributed by atoms with Gasteiger partial charge < -0.3 is 15.0 Å². The van der Waals surface area contributed by atoms with E-state index in [2.05, 4.69) is 5.32 Å². The first kappa shape index (κ1) is 14.7. The molecule has 6 heteroatoms. The van der Waals surface area contributed by atoms with Crippen LogP contribution in [0.2, 0.25) is 0 Å². The number of hydrogen-bond acceptors (Lipinski definition) is 3. The summed E-state index contributed by atoms with van der Waals surface area (Å²) in [6, 6.07) is 2.13. The second-order valence-corrected chi connectivity index (χ2v) is 4.85. The highest BCUT2D eigenvalue weighted by molar-refractivity contribution is 5.94. The molecule has 1 heterocycles. The van der Waals surface area contributed by atoms with Crippen molar-refractivity contribution in [3.05, 3.63) is 29.3 Å². The Kier molecular flexibility index (Phi) is 4.54. The van der Waals surface area contributed by atoms with Crippen LogP contribution in [-0.4, -0.2) is 43.7 Å². The highest BCUT2D eigenvalue weighted by Crippen LogP contribution is 2.21. The maximum absolute atomic E-state index is 13.7. The van der Waals surface area contributed by atoms with Gasteiger partial charge in [-0.15, -0.1) is 0 Å². The fourth-order valence-corrected chi connectivity index (χ4v) is 2.30. The van der Waals surface area contributed by atoms with Gasteiger partial charge in [-0.1, -0.05) is 0 Å². The van der Waals surface area contributed by atoms with Crippen LogP contribution in [0.3, 0.4) is 0 Å². The normalized spacial score (nSPS) is 19.6. The van der Waals surface area contributed by atoms with Crippen molar-refractivity contribution in [2.75, 3.05) is 32.1 Å². The van der Waals surface area contributed by atoms with Crippen molar-refractivity contribution >= 4 is 11.6 Å². The third-order valence-corrected chi connectivity index (χ3v) is 3.28. The van der Waals surface area contributed by atoms with Crippen molar-refractivity contribution in [2.45, 2.75) is 19.4 Å². The first-order valence-electron chi connectivity index (χ1n) is 6.60. The molecule has 1 unspecified atom stereocenters. The monoisotopic (exact) mass is 284 g/mol. The Labute approximate surface area is 116 Å². The second-order valence-electron chi connectivity index (χ2n) is 4.85. The van der Waals surface area contributed by atoms with E-state index in [0.29, 0.717) is 19.7 Å². The Balaban J connectivity index is 2.24. The second kappa shape index (κ2) is 6.17. The van der Waals surface area contributed by atoms with E-state index >= 15 is 0 Å². The molecule has 1 aliphatic rings. The summed E-state index contributed by atoms with van der Waals surface area (Å²) in [4.78, 5) is 13.9. The Hall–Kier alpha value is -1.69. The summed E-state index contributed by atoms with van der Waals surface area (Å²) in [6.07, 6.45) is 0.642. The van der Waals surface area contributed by atoms with Gasteiger partial charge in [0.2, 0.25) is 0 Å². The third kappa shape index (κ3) is 3.07. The molecule has 1 saturated heterocycles. The Morgan fingerprint density at radius 3 is 2.65 bits per heavy atom. The highest BCUT2D eigenvalue weighted by Gasteiger charge is 2.23. The molecule has 20 heavy (non-hydrogen) atoms. The van der Waals surface area contributed by atoms with Gasteiger partial charge in [-0.3, -0.25) is 4.79 Å². The fourth-order valence-electron chi connectivity index (χ4n) is 2.30. The lowest BCUT2D eigenvalue weighted by Crippen LogP contribution is -2.36. The standard InChI is InChI=1S/C14H18F2N2O2/c1-9-8-18(4-3-5-20-9)14(19)10-6-11(15)13(17-2)12(16)7-10/h6-7,9,17H,3-5,8H2,1-2H3. The van der Waals surface area contributed by atoms with Crippen molar-refractivity contribution in [3.63, 3.8) is 0 Å². The molecule has 1 aromatic rings. The number of rotatable bonds is 2. The minimum atomic E-state index is -0.769. The number of nitrogens with zero attached hydrogens (tertiary/aromatic N) is 1. The summed E-state index contributed by atoms with van der Waals surface area (Å²) >= 11 is 0. The summed E-state index contributed by atoms with van der Waals surface area (Å²) in [5.41, 5.74) is -0.206. The van der Waals surface area contributed by atoms with E-state index in [9.17, 15) is 13.6 Å². The van der Waals surface area contributed by atoms with Crippen LogP contribution >= 0.6 is 0 Å². The summed E-state index contributed by atoms with van der Waals surface area (Å²) < 4.78 is 32.8. The van der Waals surface area contributed by atoms with Gasteiger partial charge in [0.15, 0.2) is 0 Å². The number of benzene rings is 1. The Bertz CT molecular complexity index is 485. The zero-order valence-electron chi connectivity index (χ0n) is 11.6. The van der Waals surface area contributed by atoms with Crippen molar-refractivity contribution in [1.82, 2.24) is 4.90 Å². The zero-order chi connectivity index (χ0) is 14.7. The van der Waals surface area contributed by atoms with Crippen LogP contribution in [0.1, 0.15) is 23.7 Å². The minimum absolute atomic E-state index is 0.0214. The molecule has 1 N–H and O–H groups in total. The first-order chi connectivity index (χ1) is 9.52. The van der Waals surface area contributed by atoms with Crippen LogP contribution in [-0.2, 0) is 4.74 Å². The van der Waals surface area contributed by atoms with Crippen LogP contribution < -0.4 is 5.32 Å². The number of anilines is 1. The Morgan fingerprint density at radius 2 is 2.05 bits per heavy atom. The molecular formula is C14H18F2N2O2. The lowest BCUT2D eigenvalue weighted by Gasteiger charge is -2.22. The summed E-state index contributed by atoms with van der Waals surface area (Å²) in [6.45, 7) is 3.42. The number of halogens is 2. The number of carbonyl (C=O) groups is 1. The number of hydrogen-bond donors (Lipinski definition) is 1. The van der Waals surface area contributed by atoms with Gasteiger partial charge in [-0.25, -0.2) is 8.78 Å². The molecular weight excluding hydrogens is 266 g/mol. The van der Waals surface area contributed by atoms with Crippen LogP contribution in [0.25, 0.3) is 0 Å². The molecule has 1 aliphatic heterocycles. The molecule has 0 aliphatic carbocycles. The molecule has 110 valence electrons. The zero-order valence-corrected chi connectivity index (χ0v) is 11.6. The number of carbonyl (C=O) groups excluding carboxylic acids is 1. The number of ether oxygens (including phenoxy) is 1. The molecule has 1 atom stereocenters. The van der Waals surface area contributed by atoms with Crippen molar-refractivity contribution in [2.24, 2.45) is 0 Å². The molecule has 2 rings (SSSR count). The molecule has 0 spiro atoms. The summed E-state index contributed by atoms with van der Waals surface area (Å²) in [5, 5.41) is 2.43. The van der Waals surface area contributed by atoms with Gasteiger partial charge in [-0.05, 0) is 25.5 Å². The molecule has 1 fully saturated rings. The third-order valence-electron chi connectivity index (χ3n) is 3.28. The van der Waals surface area contributed by atoms with E-state index in [-0.39, 0.29) is 23.3 Å². The van der Waals surface area contributed by atoms with E-state index in [1.807, 2.05) is 6.92 Å². The average Bonchev–Trinajstić information content (AvgIpc) is 2.62. The van der Waals surface area contributed by atoms with Gasteiger partial charge in [0.05, 0.1) is 6.10 Å². The molecule has 1 amide bonds. The predicted molar refractivity (Wildman–Crippen MR) is 71.8 cm³/mol. The largest absolute Gasteiger partial charge is 0.383 e.